The summed E-state index contributed by atoms with van der Waals surface area (Å²) in [5.74, 6) is -4.89. The van der Waals surface area contributed by atoms with E-state index in [0.717, 1.165) is 0 Å². The molecule has 0 amide bonds. The standard InChI is InChI=1S/C30H44O10/c1-9-14(3)21(33)38-20-17(6)30(37)18-11-16(5)19(32)29(18,36)23(35)26(13-31)24(40-26)27(30)12-28(20,25(27,7)8)39-22(34)15(4)10-2/h11,14-15,17-18,20,23-24,31,35-37H,9-10,12-13H2,1-8H3. The van der Waals surface area contributed by atoms with Gasteiger partial charge in [0.2, 0.25) is 0 Å². The Kier molecular flexibility index (Phi) is 6.37. The average molecular weight is 565 g/mol. The van der Waals surface area contributed by atoms with Crippen molar-refractivity contribution < 1.29 is 49.0 Å². The molecule has 4 saturated carbocycles. The number of aliphatic hydroxyl groups is 4. The van der Waals surface area contributed by atoms with E-state index in [9.17, 15) is 34.8 Å². The average Bonchev–Trinajstić information content (AvgIpc) is 3.62. The van der Waals surface area contributed by atoms with Crippen LogP contribution in [0.3, 0.4) is 0 Å². The van der Waals surface area contributed by atoms with Gasteiger partial charge >= 0.3 is 11.9 Å². The smallest absolute Gasteiger partial charge is 0.309 e. The van der Waals surface area contributed by atoms with Gasteiger partial charge in [0.1, 0.15) is 23.9 Å². The van der Waals surface area contributed by atoms with Crippen molar-refractivity contribution in [2.75, 3.05) is 6.61 Å². The Bertz CT molecular complexity index is 1180. The molecular formula is C30H44O10. The maximum Gasteiger partial charge on any atom is 0.309 e. The molecule has 1 saturated heterocycles. The number of ketones is 1. The predicted octanol–water partition coefficient (Wildman–Crippen LogP) is 1.45. The van der Waals surface area contributed by atoms with Crippen LogP contribution in [0.15, 0.2) is 11.6 Å². The molecular weight excluding hydrogens is 520 g/mol. The first-order valence-electron chi connectivity index (χ1n) is 14.5. The highest BCUT2D eigenvalue weighted by Crippen LogP contribution is 2.84. The molecule has 10 nitrogen and oxygen atoms in total. The van der Waals surface area contributed by atoms with Crippen molar-refractivity contribution in [2.24, 2.45) is 34.5 Å². The summed E-state index contributed by atoms with van der Waals surface area (Å²) in [7, 11) is 0. The van der Waals surface area contributed by atoms with Crippen molar-refractivity contribution in [1.29, 1.82) is 0 Å². The minimum Gasteiger partial charge on any atom is -0.457 e. The van der Waals surface area contributed by atoms with E-state index in [-0.39, 0.29) is 12.0 Å². The van der Waals surface area contributed by atoms with Gasteiger partial charge < -0.3 is 34.6 Å². The van der Waals surface area contributed by atoms with E-state index in [4.69, 9.17) is 14.2 Å². The van der Waals surface area contributed by atoms with E-state index in [1.165, 1.54) is 13.0 Å². The molecule has 40 heavy (non-hydrogen) atoms. The largest absolute Gasteiger partial charge is 0.457 e. The number of Topliss-reactive ketones (excluding diaryl/α,β-unsaturated/α-hetero) is 1. The lowest BCUT2D eigenvalue weighted by molar-refractivity contribution is -0.418. The summed E-state index contributed by atoms with van der Waals surface area (Å²) in [5.41, 5.74) is -9.82. The second-order valence-corrected chi connectivity index (χ2v) is 13.7. The Balaban J connectivity index is 1.76. The summed E-state index contributed by atoms with van der Waals surface area (Å²) in [6.45, 7) is 13.3. The van der Waals surface area contributed by atoms with Gasteiger partial charge in [0, 0.05) is 29.1 Å². The molecule has 10 heteroatoms. The van der Waals surface area contributed by atoms with Gasteiger partial charge in [0.05, 0.1) is 24.0 Å². The summed E-state index contributed by atoms with van der Waals surface area (Å²) < 4.78 is 18.6. The Morgan fingerprint density at radius 1 is 1.12 bits per heavy atom. The quantitative estimate of drug-likeness (QED) is 0.263. The molecule has 0 aromatic rings. The minimum absolute atomic E-state index is 0.0126. The third kappa shape index (κ3) is 2.90. The lowest BCUT2D eigenvalue weighted by atomic mass is 9.27. The number of aliphatic hydroxyl groups excluding tert-OH is 2. The second kappa shape index (κ2) is 8.60. The number of rotatable bonds is 7. The Morgan fingerprint density at radius 3 is 2.23 bits per heavy atom. The van der Waals surface area contributed by atoms with Crippen LogP contribution < -0.4 is 0 Å². The Morgan fingerprint density at radius 2 is 1.70 bits per heavy atom. The molecule has 0 radical (unpaired) electrons. The first kappa shape index (κ1) is 29.6. The predicted molar refractivity (Wildman–Crippen MR) is 140 cm³/mol. The van der Waals surface area contributed by atoms with Crippen LogP contribution in [0.4, 0.5) is 0 Å². The van der Waals surface area contributed by atoms with E-state index in [1.54, 1.807) is 34.6 Å². The zero-order valence-electron chi connectivity index (χ0n) is 24.7. The first-order chi connectivity index (χ1) is 18.5. The van der Waals surface area contributed by atoms with E-state index in [2.05, 4.69) is 0 Å². The summed E-state index contributed by atoms with van der Waals surface area (Å²) >= 11 is 0. The van der Waals surface area contributed by atoms with Gasteiger partial charge in [-0.3, -0.25) is 14.4 Å². The van der Waals surface area contributed by atoms with Gasteiger partial charge in [-0.2, -0.15) is 0 Å². The van der Waals surface area contributed by atoms with E-state index in [1.807, 2.05) is 13.8 Å². The van der Waals surface area contributed by atoms with Crippen LogP contribution in [0.5, 0.6) is 0 Å². The molecule has 1 heterocycles. The molecule has 6 aliphatic rings. The lowest BCUT2D eigenvalue weighted by Gasteiger charge is -2.79. The van der Waals surface area contributed by atoms with E-state index >= 15 is 0 Å². The van der Waals surface area contributed by atoms with Gasteiger partial charge in [-0.05, 0) is 25.3 Å². The Labute approximate surface area is 235 Å². The number of hydrogen-bond donors (Lipinski definition) is 4. The third-order valence-electron chi connectivity index (χ3n) is 12.0. The fourth-order valence-electron chi connectivity index (χ4n) is 8.89. The molecule has 0 aromatic heterocycles. The molecule has 5 fully saturated rings. The number of fused-ring (bicyclic) bond motifs is 3. The van der Waals surface area contributed by atoms with Gasteiger partial charge in [0.25, 0.3) is 0 Å². The van der Waals surface area contributed by atoms with Gasteiger partial charge in [-0.1, -0.05) is 54.5 Å². The van der Waals surface area contributed by atoms with Crippen molar-refractivity contribution in [3.05, 3.63) is 11.6 Å². The highest BCUT2D eigenvalue weighted by molar-refractivity contribution is 6.05. The molecule has 12 atom stereocenters. The molecule has 1 aliphatic heterocycles. The summed E-state index contributed by atoms with van der Waals surface area (Å²) in [6.07, 6.45) is -1.43. The van der Waals surface area contributed by atoms with Crippen molar-refractivity contribution in [2.45, 2.75) is 115 Å². The van der Waals surface area contributed by atoms with E-state index < -0.39 is 99.5 Å². The number of epoxide rings is 1. The van der Waals surface area contributed by atoms with Crippen LogP contribution in [0.1, 0.15) is 74.7 Å². The summed E-state index contributed by atoms with van der Waals surface area (Å²) in [5, 5.41) is 47.2. The molecule has 12 unspecified atom stereocenters. The lowest BCUT2D eigenvalue weighted by Crippen LogP contribution is -2.90. The SMILES string of the molecule is CCC(C)C(=O)OC1C(C)C2(O)C3C=C(C)C(=O)C3(O)C(O)C3(CO)OC3C23CC1(OC(=O)C(C)CC)C3(C)C. The van der Waals surface area contributed by atoms with Crippen LogP contribution in [0.25, 0.3) is 0 Å². The molecule has 6 rings (SSSR count). The Hall–Kier alpha value is -1.85. The molecule has 5 aliphatic carbocycles. The minimum atomic E-state index is -2.49. The summed E-state index contributed by atoms with van der Waals surface area (Å²) in [6, 6.07) is 0. The third-order valence-corrected chi connectivity index (χ3v) is 12.0. The van der Waals surface area contributed by atoms with E-state index in [0.29, 0.717) is 12.8 Å². The zero-order valence-corrected chi connectivity index (χ0v) is 24.7. The normalized spacial score (nSPS) is 49.2. The van der Waals surface area contributed by atoms with Crippen molar-refractivity contribution in [1.82, 2.24) is 0 Å². The first-order valence-corrected chi connectivity index (χ1v) is 14.5. The van der Waals surface area contributed by atoms with Crippen LogP contribution in [-0.2, 0) is 28.6 Å². The highest BCUT2D eigenvalue weighted by atomic mass is 16.6. The second-order valence-electron chi connectivity index (χ2n) is 13.7. The highest BCUT2D eigenvalue weighted by Gasteiger charge is 2.97. The zero-order chi connectivity index (χ0) is 30.0. The van der Waals surface area contributed by atoms with Crippen LogP contribution in [0.2, 0.25) is 0 Å². The van der Waals surface area contributed by atoms with Gasteiger partial charge in [-0.15, -0.1) is 0 Å². The van der Waals surface area contributed by atoms with Gasteiger partial charge in [0.15, 0.2) is 17.0 Å². The number of carbonyl (C=O) groups excluding carboxylic acids is 3. The van der Waals surface area contributed by atoms with Crippen LogP contribution >= 0.6 is 0 Å². The van der Waals surface area contributed by atoms with Crippen LogP contribution in [-0.4, -0.2) is 85.5 Å². The summed E-state index contributed by atoms with van der Waals surface area (Å²) in [4.78, 5) is 40.1. The maximum atomic E-state index is 13.5. The molecule has 224 valence electrons. The van der Waals surface area contributed by atoms with Crippen molar-refractivity contribution >= 4 is 17.7 Å². The van der Waals surface area contributed by atoms with Gasteiger partial charge in [-0.25, -0.2) is 0 Å². The van der Waals surface area contributed by atoms with Crippen molar-refractivity contribution in [3.63, 3.8) is 0 Å². The number of carbonyl (C=O) groups is 3. The fourth-order valence-corrected chi connectivity index (χ4v) is 8.89. The fraction of sp³-hybridized carbons (Fsp3) is 0.833. The number of hydrogen-bond acceptors (Lipinski definition) is 10. The topological polar surface area (TPSA) is 163 Å². The monoisotopic (exact) mass is 564 g/mol. The molecule has 4 N–H and O–H groups in total. The maximum absolute atomic E-state index is 13.5. The molecule has 1 spiro atoms. The molecule has 2 bridgehead atoms. The van der Waals surface area contributed by atoms with Crippen LogP contribution in [0, 0.1) is 34.5 Å². The molecule has 0 aromatic carbocycles. The number of ether oxygens (including phenoxy) is 3. The number of esters is 2. The van der Waals surface area contributed by atoms with Crippen molar-refractivity contribution in [3.8, 4) is 0 Å².